The molecule has 4 rings (SSSR count). The Kier molecular flexibility index (Phi) is 4.43. The SMILES string of the molecule is CC(C)(C)OC(=O)C12CNCC1C2CN1CC=Cc2c1ccc(Cl)c2[N+](=O)[O-]. The van der Waals surface area contributed by atoms with E-state index >= 15 is 0 Å². The third-order valence-electron chi connectivity index (χ3n) is 5.96. The van der Waals surface area contributed by atoms with Gasteiger partial charge in [-0.25, -0.2) is 0 Å². The van der Waals surface area contributed by atoms with Crippen LogP contribution in [0.1, 0.15) is 26.3 Å². The van der Waals surface area contributed by atoms with Gasteiger partial charge >= 0.3 is 5.97 Å². The fraction of sp³-hybridized carbons (Fsp3) is 0.550. The fourth-order valence-corrected chi connectivity index (χ4v) is 4.90. The number of hydrogen-bond donors (Lipinski definition) is 1. The molecule has 28 heavy (non-hydrogen) atoms. The van der Waals surface area contributed by atoms with Crippen molar-refractivity contribution in [2.75, 3.05) is 31.1 Å². The van der Waals surface area contributed by atoms with Crippen LogP contribution in [-0.2, 0) is 9.53 Å². The number of benzene rings is 1. The molecule has 2 fully saturated rings. The summed E-state index contributed by atoms with van der Waals surface area (Å²) in [5, 5.41) is 14.9. The summed E-state index contributed by atoms with van der Waals surface area (Å²) in [4.78, 5) is 26.0. The number of carbonyl (C=O) groups is 1. The van der Waals surface area contributed by atoms with Crippen molar-refractivity contribution < 1.29 is 14.5 Å². The molecule has 8 heteroatoms. The molecule has 7 nitrogen and oxygen atoms in total. The first-order valence-corrected chi connectivity index (χ1v) is 9.85. The first-order valence-electron chi connectivity index (χ1n) is 9.47. The summed E-state index contributed by atoms with van der Waals surface area (Å²) in [6, 6.07) is 3.40. The van der Waals surface area contributed by atoms with Crippen molar-refractivity contribution in [2.45, 2.75) is 26.4 Å². The van der Waals surface area contributed by atoms with Gasteiger partial charge in [0.05, 0.1) is 21.6 Å². The minimum Gasteiger partial charge on any atom is -0.459 e. The molecule has 0 spiro atoms. The average Bonchev–Trinajstić information content (AvgIpc) is 2.97. The summed E-state index contributed by atoms with van der Waals surface area (Å²) in [7, 11) is 0. The number of nitro benzene ring substituents is 1. The van der Waals surface area contributed by atoms with Gasteiger partial charge in [0, 0.05) is 19.6 Å². The zero-order valence-electron chi connectivity index (χ0n) is 16.2. The lowest BCUT2D eigenvalue weighted by Crippen LogP contribution is -2.38. The molecule has 3 unspecified atom stereocenters. The summed E-state index contributed by atoms with van der Waals surface area (Å²) in [5.41, 5.74) is 0.228. The molecule has 3 atom stereocenters. The van der Waals surface area contributed by atoms with Crippen LogP contribution in [0.5, 0.6) is 0 Å². The Balaban J connectivity index is 1.59. The predicted molar refractivity (Wildman–Crippen MR) is 107 cm³/mol. The van der Waals surface area contributed by atoms with Gasteiger partial charge in [-0.15, -0.1) is 0 Å². The van der Waals surface area contributed by atoms with Crippen molar-refractivity contribution in [2.24, 2.45) is 17.3 Å². The molecule has 0 amide bonds. The molecule has 2 aliphatic heterocycles. The summed E-state index contributed by atoms with van der Waals surface area (Å²) in [6.45, 7) is 8.35. The molecule has 1 saturated heterocycles. The monoisotopic (exact) mass is 405 g/mol. The number of fused-ring (bicyclic) bond motifs is 2. The normalized spacial score (nSPS) is 27.9. The fourth-order valence-electron chi connectivity index (χ4n) is 4.67. The molecule has 1 N–H and O–H groups in total. The van der Waals surface area contributed by atoms with Crippen LogP contribution >= 0.6 is 11.6 Å². The molecule has 150 valence electrons. The Morgan fingerprint density at radius 2 is 2.21 bits per heavy atom. The standard InChI is InChI=1S/C20H24ClN3O4/c1-19(2,3)28-18(25)20-11-22-9-13(20)14(20)10-23-8-4-5-12-16(23)7-6-15(21)17(12)24(26)27/h4-7,13-14,22H,8-11H2,1-3H3. The maximum Gasteiger partial charge on any atom is 0.314 e. The van der Waals surface area contributed by atoms with E-state index < -0.39 is 15.9 Å². The van der Waals surface area contributed by atoms with E-state index in [4.69, 9.17) is 16.3 Å². The molecule has 0 bridgehead atoms. The zero-order chi connectivity index (χ0) is 20.3. The van der Waals surface area contributed by atoms with Crippen LogP contribution in [0.25, 0.3) is 6.08 Å². The Labute approximate surface area is 168 Å². The minimum absolute atomic E-state index is 0.0698. The Morgan fingerprint density at radius 3 is 2.89 bits per heavy atom. The molecule has 0 aromatic heterocycles. The molecule has 2 heterocycles. The molecule has 1 saturated carbocycles. The molecule has 1 aromatic rings. The molecular weight excluding hydrogens is 382 g/mol. The van der Waals surface area contributed by atoms with E-state index in [2.05, 4.69) is 10.2 Å². The number of ether oxygens (including phenoxy) is 1. The number of anilines is 1. The van der Waals surface area contributed by atoms with Crippen LogP contribution in [-0.4, -0.2) is 42.7 Å². The summed E-state index contributed by atoms with van der Waals surface area (Å²) < 4.78 is 5.70. The van der Waals surface area contributed by atoms with E-state index in [0.29, 0.717) is 25.2 Å². The van der Waals surface area contributed by atoms with E-state index in [-0.39, 0.29) is 28.5 Å². The van der Waals surface area contributed by atoms with E-state index in [1.165, 1.54) is 0 Å². The number of piperidine rings is 1. The van der Waals surface area contributed by atoms with Crippen molar-refractivity contribution in [3.05, 3.63) is 38.9 Å². The number of rotatable bonds is 4. The smallest absolute Gasteiger partial charge is 0.314 e. The highest BCUT2D eigenvalue weighted by Crippen LogP contribution is 2.62. The molecule has 1 aromatic carbocycles. The molecule has 3 aliphatic rings. The second-order valence-corrected chi connectivity index (χ2v) is 9.19. The lowest BCUT2D eigenvalue weighted by atomic mass is 10.0. The lowest BCUT2D eigenvalue weighted by Gasteiger charge is -2.30. The van der Waals surface area contributed by atoms with Crippen LogP contribution in [0.2, 0.25) is 5.02 Å². The van der Waals surface area contributed by atoms with Crippen molar-refractivity contribution in [1.29, 1.82) is 0 Å². The van der Waals surface area contributed by atoms with Gasteiger partial charge in [-0.1, -0.05) is 17.7 Å². The van der Waals surface area contributed by atoms with Crippen LogP contribution in [0.3, 0.4) is 0 Å². The van der Waals surface area contributed by atoms with Crippen molar-refractivity contribution in [3.8, 4) is 0 Å². The number of esters is 1. The number of hydrogen-bond acceptors (Lipinski definition) is 6. The summed E-state index contributed by atoms with van der Waals surface area (Å²) in [6.07, 6.45) is 3.66. The highest BCUT2D eigenvalue weighted by atomic mass is 35.5. The number of halogens is 1. The number of nitrogens with one attached hydrogen (secondary N) is 1. The van der Waals surface area contributed by atoms with Gasteiger partial charge in [0.2, 0.25) is 0 Å². The molecule has 0 radical (unpaired) electrons. The maximum atomic E-state index is 12.9. The van der Waals surface area contributed by atoms with Crippen LogP contribution in [0.4, 0.5) is 11.4 Å². The Hall–Kier alpha value is -2.12. The Morgan fingerprint density at radius 1 is 1.46 bits per heavy atom. The first kappa shape index (κ1) is 19.2. The van der Waals surface area contributed by atoms with Crippen LogP contribution < -0.4 is 10.2 Å². The van der Waals surface area contributed by atoms with Crippen molar-refractivity contribution in [1.82, 2.24) is 5.32 Å². The van der Waals surface area contributed by atoms with Gasteiger partial charge < -0.3 is 15.0 Å². The van der Waals surface area contributed by atoms with E-state index in [1.807, 2.05) is 32.9 Å². The van der Waals surface area contributed by atoms with Gasteiger partial charge in [-0.05, 0) is 57.4 Å². The average molecular weight is 406 g/mol. The molecular formula is C20H24ClN3O4. The quantitative estimate of drug-likeness (QED) is 0.470. The molecule has 1 aliphatic carbocycles. The Bertz CT molecular complexity index is 879. The largest absolute Gasteiger partial charge is 0.459 e. The number of carbonyl (C=O) groups excluding carboxylic acids is 1. The van der Waals surface area contributed by atoms with E-state index in [9.17, 15) is 14.9 Å². The first-order chi connectivity index (χ1) is 13.1. The number of nitro groups is 1. The second kappa shape index (κ2) is 6.46. The van der Waals surface area contributed by atoms with Crippen molar-refractivity contribution >= 4 is 35.0 Å². The van der Waals surface area contributed by atoms with Crippen LogP contribution in [0, 0.1) is 27.4 Å². The van der Waals surface area contributed by atoms with E-state index in [1.54, 1.807) is 12.1 Å². The lowest BCUT2D eigenvalue weighted by molar-refractivity contribution is -0.384. The topological polar surface area (TPSA) is 84.7 Å². The van der Waals surface area contributed by atoms with E-state index in [0.717, 1.165) is 12.2 Å². The van der Waals surface area contributed by atoms with Gasteiger partial charge in [0.15, 0.2) is 0 Å². The minimum atomic E-state index is -0.524. The van der Waals surface area contributed by atoms with Gasteiger partial charge in [0.1, 0.15) is 10.6 Å². The van der Waals surface area contributed by atoms with Crippen molar-refractivity contribution in [3.63, 3.8) is 0 Å². The predicted octanol–water partition coefficient (Wildman–Crippen LogP) is 3.26. The summed E-state index contributed by atoms with van der Waals surface area (Å²) in [5.74, 6) is 0.256. The third-order valence-corrected chi connectivity index (χ3v) is 6.26. The third kappa shape index (κ3) is 2.97. The van der Waals surface area contributed by atoms with Gasteiger partial charge in [-0.2, -0.15) is 0 Å². The van der Waals surface area contributed by atoms with Gasteiger partial charge in [-0.3, -0.25) is 14.9 Å². The van der Waals surface area contributed by atoms with Crippen LogP contribution in [0.15, 0.2) is 18.2 Å². The second-order valence-electron chi connectivity index (χ2n) is 8.78. The number of nitrogens with zero attached hydrogens (tertiary/aromatic N) is 2. The summed E-state index contributed by atoms with van der Waals surface area (Å²) >= 11 is 6.06. The highest BCUT2D eigenvalue weighted by molar-refractivity contribution is 6.33. The zero-order valence-corrected chi connectivity index (χ0v) is 17.0. The maximum absolute atomic E-state index is 12.9. The van der Waals surface area contributed by atoms with Gasteiger partial charge in [0.25, 0.3) is 5.69 Å². The highest BCUT2D eigenvalue weighted by Gasteiger charge is 2.72.